The average molecular weight is 813 g/mol. The van der Waals surface area contributed by atoms with Gasteiger partial charge >= 0.3 is 0 Å². The number of hydrogen-bond donors (Lipinski definition) is 6. The normalized spacial score (nSPS) is 43.4. The summed E-state index contributed by atoms with van der Waals surface area (Å²) >= 11 is 0. The summed E-state index contributed by atoms with van der Waals surface area (Å²) in [7, 11) is 0. The summed E-state index contributed by atoms with van der Waals surface area (Å²) in [6, 6.07) is 10.8. The van der Waals surface area contributed by atoms with Crippen molar-refractivity contribution in [3.05, 3.63) is 63.7 Å². The molecule has 6 N–H and O–H groups in total. The molecule has 0 heterocycles. The third kappa shape index (κ3) is 5.11. The molecule has 15 atom stereocenters. The third-order valence-corrected chi connectivity index (χ3v) is 21.1. The minimum Gasteiger partial charge on any atom is -0.507 e. The number of fused-ring (bicyclic) bond motifs is 15. The molecule has 6 saturated carbocycles. The first-order valence-corrected chi connectivity index (χ1v) is 24.5. The van der Waals surface area contributed by atoms with Gasteiger partial charge in [0.2, 0.25) is 0 Å². The molecule has 9 aliphatic carbocycles. The first-order chi connectivity index (χ1) is 28.8. The van der Waals surface area contributed by atoms with E-state index in [1.165, 1.54) is 27.8 Å². The Morgan fingerprint density at radius 1 is 0.433 bits per heavy atom. The largest absolute Gasteiger partial charge is 0.507 e. The van der Waals surface area contributed by atoms with Crippen molar-refractivity contribution in [2.24, 2.45) is 51.8 Å². The predicted molar refractivity (Wildman–Crippen MR) is 234 cm³/mol. The summed E-state index contributed by atoms with van der Waals surface area (Å²) in [6.45, 7) is 6.98. The molecule has 60 heavy (non-hydrogen) atoms. The number of aromatic hydroxyl groups is 3. The van der Waals surface area contributed by atoms with Crippen LogP contribution in [0.1, 0.15) is 168 Å². The van der Waals surface area contributed by atoms with Gasteiger partial charge in [-0.3, -0.25) is 0 Å². The molecule has 0 bridgehead atoms. The van der Waals surface area contributed by atoms with Crippen LogP contribution in [0.5, 0.6) is 17.2 Å². The van der Waals surface area contributed by atoms with Gasteiger partial charge in [-0.15, -0.1) is 0 Å². The highest BCUT2D eigenvalue weighted by Crippen LogP contribution is 2.66. The van der Waals surface area contributed by atoms with Crippen molar-refractivity contribution in [1.82, 2.24) is 0 Å². The second-order valence-electron chi connectivity index (χ2n) is 23.0. The van der Waals surface area contributed by atoms with E-state index in [0.29, 0.717) is 58.5 Å². The minimum absolute atomic E-state index is 0.0153. The number of phenolic OH excluding ortho intramolecular Hbond substituents is 3. The fourth-order valence-electron chi connectivity index (χ4n) is 17.8. The molecular weight excluding hydrogens is 745 g/mol. The van der Waals surface area contributed by atoms with Crippen LogP contribution in [0.25, 0.3) is 22.3 Å². The van der Waals surface area contributed by atoms with Gasteiger partial charge in [0.1, 0.15) is 17.2 Å². The predicted octanol–water partition coefficient (Wildman–Crippen LogP) is 10.8. The van der Waals surface area contributed by atoms with Gasteiger partial charge in [0.05, 0.1) is 18.3 Å². The van der Waals surface area contributed by atoms with Crippen LogP contribution in [0.2, 0.25) is 0 Å². The lowest BCUT2D eigenvalue weighted by Crippen LogP contribution is -2.44. The molecule has 12 rings (SSSR count). The Balaban J connectivity index is 1.01. The van der Waals surface area contributed by atoms with Crippen LogP contribution >= 0.6 is 0 Å². The van der Waals surface area contributed by atoms with Crippen molar-refractivity contribution in [2.45, 2.75) is 172 Å². The van der Waals surface area contributed by atoms with E-state index < -0.39 is 0 Å². The van der Waals surface area contributed by atoms with Gasteiger partial charge in [-0.25, -0.2) is 0 Å². The van der Waals surface area contributed by atoms with Gasteiger partial charge in [0.15, 0.2) is 0 Å². The maximum Gasteiger partial charge on any atom is 0.131 e. The fourth-order valence-corrected chi connectivity index (χ4v) is 17.8. The van der Waals surface area contributed by atoms with Crippen LogP contribution in [0.4, 0.5) is 0 Å². The maximum atomic E-state index is 13.0. The van der Waals surface area contributed by atoms with Crippen molar-refractivity contribution in [3.63, 3.8) is 0 Å². The molecule has 3 aromatic carbocycles. The Labute approximate surface area is 356 Å². The molecule has 0 amide bonds. The maximum absolute atomic E-state index is 13.0. The number of aliphatic hydroxyl groups is 3. The first-order valence-electron chi connectivity index (χ1n) is 24.5. The molecule has 0 radical (unpaired) electrons. The van der Waals surface area contributed by atoms with E-state index in [1.807, 2.05) is 12.1 Å². The van der Waals surface area contributed by atoms with Crippen LogP contribution in [0.3, 0.4) is 0 Å². The van der Waals surface area contributed by atoms with E-state index in [9.17, 15) is 30.6 Å². The Kier molecular flexibility index (Phi) is 8.52. The van der Waals surface area contributed by atoms with Gasteiger partial charge in [0.25, 0.3) is 0 Å². The summed E-state index contributed by atoms with van der Waals surface area (Å²) in [6.07, 6.45) is 17.1. The number of aryl methyl sites for hydroxylation is 2. The van der Waals surface area contributed by atoms with Crippen LogP contribution in [0.15, 0.2) is 30.3 Å². The number of rotatable bonds is 2. The Hall–Kier alpha value is -3.06. The number of aliphatic hydroxyl groups excluding tert-OH is 3. The third-order valence-electron chi connectivity index (χ3n) is 21.1. The summed E-state index contributed by atoms with van der Waals surface area (Å²) in [5.74, 6) is 4.61. The topological polar surface area (TPSA) is 121 Å². The second kappa shape index (κ2) is 13.2. The highest BCUT2D eigenvalue weighted by molar-refractivity contribution is 5.90. The lowest BCUT2D eigenvalue weighted by atomic mass is 9.54. The second-order valence-corrected chi connectivity index (χ2v) is 23.0. The van der Waals surface area contributed by atoms with Crippen LogP contribution in [0, 0.1) is 51.8 Å². The molecule has 9 aliphatic rings. The number of phenols is 3. The summed E-state index contributed by atoms with van der Waals surface area (Å²) in [5, 5.41) is 70.7. The Morgan fingerprint density at radius 2 is 0.833 bits per heavy atom. The van der Waals surface area contributed by atoms with Crippen LogP contribution in [-0.4, -0.2) is 49.0 Å². The average Bonchev–Trinajstić information content (AvgIpc) is 3.84. The van der Waals surface area contributed by atoms with Crippen molar-refractivity contribution in [1.29, 1.82) is 0 Å². The first kappa shape index (κ1) is 38.6. The summed E-state index contributed by atoms with van der Waals surface area (Å²) in [4.78, 5) is 0. The fraction of sp³-hybridized carbons (Fsp3) is 0.667. The molecule has 0 spiro atoms. The number of hydrogen-bond acceptors (Lipinski definition) is 6. The van der Waals surface area contributed by atoms with Crippen molar-refractivity contribution < 1.29 is 30.6 Å². The zero-order valence-corrected chi connectivity index (χ0v) is 36.2. The smallest absolute Gasteiger partial charge is 0.131 e. The zero-order valence-electron chi connectivity index (χ0n) is 36.2. The van der Waals surface area contributed by atoms with E-state index in [2.05, 4.69) is 39.0 Å². The van der Waals surface area contributed by atoms with E-state index >= 15 is 0 Å². The van der Waals surface area contributed by atoms with Gasteiger partial charge < -0.3 is 30.6 Å². The van der Waals surface area contributed by atoms with Gasteiger partial charge in [-0.05, 0) is 249 Å². The molecule has 0 unspecified atom stereocenters. The molecule has 0 aliphatic heterocycles. The molecule has 0 saturated heterocycles. The van der Waals surface area contributed by atoms with Crippen molar-refractivity contribution in [2.75, 3.05) is 0 Å². The standard InChI is InChI=1S/C54H68O6/c1-52-19-16-29-32(42(52)10-13-47(52)57)6-4-27-22-45(55)39(24-36(27)29)40-26-38-31-18-21-54(3)44(12-15-49(54)59)34(31)8-9-35(38)50(51(40)60)41-25-37-28(23-46(41)56)5-7-33-30(37)17-20-53(2)43(33)11-14-48(53)58/h22-26,29-34,42-44,47-49,55-60H,4-21H2,1-3H3/t29-,30-,31-,32+,33+,34+,42-,43-,44-,47-,48-,49-,52-,53-,54-/m0/s1. The quantitative estimate of drug-likeness (QED) is 0.153. The van der Waals surface area contributed by atoms with Gasteiger partial charge in [-0.2, -0.15) is 0 Å². The Bertz CT molecular complexity index is 2280. The molecule has 6 nitrogen and oxygen atoms in total. The highest BCUT2D eigenvalue weighted by atomic mass is 16.3. The van der Waals surface area contributed by atoms with Crippen LogP contribution < -0.4 is 0 Å². The molecule has 3 aromatic rings. The number of benzene rings is 3. The lowest BCUT2D eigenvalue weighted by molar-refractivity contribution is -0.0226. The summed E-state index contributed by atoms with van der Waals surface area (Å²) < 4.78 is 0. The summed E-state index contributed by atoms with van der Waals surface area (Å²) in [5.41, 5.74) is 10.3. The van der Waals surface area contributed by atoms with Gasteiger partial charge in [-0.1, -0.05) is 20.8 Å². The SMILES string of the molecule is C[C@]12CC[C@@H]3c4cc(-c5cc6c(c(-c7cc8c(cc7O)CC[C@@H]7[C@@H]8CC[C@]8(C)[C@@H](O)CC[C@@H]78)c5O)CC[C@@H]5[C@@H]6CC[C@]6(C)[C@@H](O)CC[C@@H]56)c(O)cc4CC[C@H]3[C@@H]1CC[C@@H]2O. The minimum atomic E-state index is -0.251. The highest BCUT2D eigenvalue weighted by Gasteiger charge is 2.57. The van der Waals surface area contributed by atoms with E-state index in [1.54, 1.807) is 0 Å². The van der Waals surface area contributed by atoms with E-state index in [0.717, 1.165) is 132 Å². The molecular formula is C54H68O6. The monoisotopic (exact) mass is 813 g/mol. The van der Waals surface area contributed by atoms with E-state index in [4.69, 9.17) is 0 Å². The molecule has 6 fully saturated rings. The molecule has 320 valence electrons. The van der Waals surface area contributed by atoms with Crippen molar-refractivity contribution >= 4 is 0 Å². The molecule has 6 heteroatoms. The molecule has 0 aromatic heterocycles. The Morgan fingerprint density at radius 3 is 1.32 bits per heavy atom. The zero-order chi connectivity index (χ0) is 41.2. The lowest BCUT2D eigenvalue weighted by Gasteiger charge is -2.50. The van der Waals surface area contributed by atoms with E-state index in [-0.39, 0.29) is 57.7 Å². The van der Waals surface area contributed by atoms with Gasteiger partial charge in [0, 0.05) is 22.3 Å². The van der Waals surface area contributed by atoms with Crippen molar-refractivity contribution in [3.8, 4) is 39.5 Å². The van der Waals surface area contributed by atoms with Crippen LogP contribution in [-0.2, 0) is 19.3 Å².